The van der Waals surface area contributed by atoms with E-state index in [0.29, 0.717) is 5.41 Å². The molecule has 94 valence electrons. The van der Waals surface area contributed by atoms with Crippen molar-refractivity contribution in [3.8, 4) is 0 Å². The fraction of sp³-hybridized carbons (Fsp3) is 1.00. The fourth-order valence-corrected chi connectivity index (χ4v) is 3.73. The molecule has 1 aliphatic heterocycles. The van der Waals surface area contributed by atoms with Crippen LogP contribution in [0.5, 0.6) is 0 Å². The molecule has 0 aromatic rings. The van der Waals surface area contributed by atoms with Gasteiger partial charge in [0.25, 0.3) is 0 Å². The summed E-state index contributed by atoms with van der Waals surface area (Å²) in [6.07, 6.45) is 9.16. The number of β-amino-alcohol motifs (C(OH)–C–C–N with tert-alkyl or cyclic N) is 1. The zero-order valence-electron chi connectivity index (χ0n) is 11.0. The van der Waals surface area contributed by atoms with Crippen LogP contribution in [0.4, 0.5) is 0 Å². The van der Waals surface area contributed by atoms with Crippen molar-refractivity contribution in [1.29, 1.82) is 0 Å². The summed E-state index contributed by atoms with van der Waals surface area (Å²) in [6.45, 7) is 7.50. The molecule has 1 aliphatic carbocycles. The average Bonchev–Trinajstić information content (AvgIpc) is 2.16. The fourth-order valence-electron chi connectivity index (χ4n) is 3.73. The predicted octanol–water partition coefficient (Wildman–Crippen LogP) is 2.80. The number of likely N-dealkylation sites (tertiary alicyclic amines) is 1. The van der Waals surface area contributed by atoms with Gasteiger partial charge in [-0.1, -0.05) is 32.6 Å². The van der Waals surface area contributed by atoms with Crippen LogP contribution in [0.15, 0.2) is 0 Å². The van der Waals surface area contributed by atoms with Crippen LogP contribution in [0, 0.1) is 5.41 Å². The molecular formula is C14H27NO. The van der Waals surface area contributed by atoms with Gasteiger partial charge in [-0.2, -0.15) is 0 Å². The van der Waals surface area contributed by atoms with Crippen molar-refractivity contribution < 1.29 is 5.11 Å². The number of nitrogens with zero attached hydrogens (tertiary/aromatic N) is 1. The normalized spacial score (nSPS) is 28.7. The molecular weight excluding hydrogens is 198 g/mol. The Hall–Kier alpha value is -0.0800. The third-order valence-corrected chi connectivity index (χ3v) is 4.39. The first-order valence-electron chi connectivity index (χ1n) is 7.00. The molecule has 1 N–H and O–H groups in total. The van der Waals surface area contributed by atoms with Gasteiger partial charge >= 0.3 is 0 Å². The largest absolute Gasteiger partial charge is 0.389 e. The van der Waals surface area contributed by atoms with Gasteiger partial charge in [-0.3, -0.25) is 4.90 Å². The number of rotatable bonds is 4. The van der Waals surface area contributed by atoms with Crippen molar-refractivity contribution in [2.75, 3.05) is 19.6 Å². The molecule has 1 unspecified atom stereocenters. The van der Waals surface area contributed by atoms with Gasteiger partial charge in [-0.05, 0) is 31.6 Å². The molecule has 0 amide bonds. The van der Waals surface area contributed by atoms with Gasteiger partial charge in [0.2, 0.25) is 0 Å². The third-order valence-electron chi connectivity index (χ3n) is 4.39. The first-order valence-corrected chi connectivity index (χ1v) is 7.00. The number of hydrogen-bond donors (Lipinski definition) is 1. The van der Waals surface area contributed by atoms with Gasteiger partial charge in [-0.15, -0.1) is 0 Å². The second kappa shape index (κ2) is 4.66. The minimum atomic E-state index is -0.467. The lowest BCUT2D eigenvalue weighted by molar-refractivity contribution is -0.0781. The zero-order valence-corrected chi connectivity index (χ0v) is 11.0. The first kappa shape index (κ1) is 12.4. The van der Waals surface area contributed by atoms with Crippen LogP contribution < -0.4 is 0 Å². The van der Waals surface area contributed by atoms with E-state index in [0.717, 1.165) is 19.4 Å². The Bertz CT molecular complexity index is 223. The van der Waals surface area contributed by atoms with Gasteiger partial charge in [0.1, 0.15) is 0 Å². The summed E-state index contributed by atoms with van der Waals surface area (Å²) in [5.41, 5.74) is 0.186. The van der Waals surface area contributed by atoms with E-state index in [-0.39, 0.29) is 0 Å². The third kappa shape index (κ3) is 2.78. The lowest BCUT2D eigenvalue weighted by atomic mass is 9.68. The molecule has 2 heteroatoms. The van der Waals surface area contributed by atoms with Crippen molar-refractivity contribution in [3.05, 3.63) is 0 Å². The molecule has 2 nitrogen and oxygen atoms in total. The smallest absolute Gasteiger partial charge is 0.0746 e. The summed E-state index contributed by atoms with van der Waals surface area (Å²) in [5.74, 6) is 0. The standard InChI is InChI=1S/C14H27NO/c1-3-7-13(2,16)10-15-11-14(12-15)8-5-4-6-9-14/h16H,3-12H2,1-2H3. The van der Waals surface area contributed by atoms with E-state index in [1.54, 1.807) is 0 Å². The average molecular weight is 225 g/mol. The van der Waals surface area contributed by atoms with E-state index in [1.807, 2.05) is 6.92 Å². The summed E-state index contributed by atoms with van der Waals surface area (Å²) < 4.78 is 0. The second-order valence-corrected chi connectivity index (χ2v) is 6.45. The highest BCUT2D eigenvalue weighted by Crippen LogP contribution is 2.44. The number of aliphatic hydroxyl groups is 1. The van der Waals surface area contributed by atoms with Crippen molar-refractivity contribution in [2.24, 2.45) is 5.41 Å². The van der Waals surface area contributed by atoms with E-state index >= 15 is 0 Å². The highest BCUT2D eigenvalue weighted by molar-refractivity contribution is 4.98. The Labute approximate surface area is 100 Å². The minimum absolute atomic E-state index is 0.467. The van der Waals surface area contributed by atoms with E-state index in [4.69, 9.17) is 0 Å². The number of hydrogen-bond acceptors (Lipinski definition) is 2. The topological polar surface area (TPSA) is 23.5 Å². The van der Waals surface area contributed by atoms with E-state index < -0.39 is 5.60 Å². The summed E-state index contributed by atoms with van der Waals surface area (Å²) in [7, 11) is 0. The maximum Gasteiger partial charge on any atom is 0.0746 e. The molecule has 2 rings (SSSR count). The van der Waals surface area contributed by atoms with Gasteiger partial charge in [0.15, 0.2) is 0 Å². The molecule has 0 bridgehead atoms. The van der Waals surface area contributed by atoms with E-state index in [2.05, 4.69) is 11.8 Å². The Morgan fingerprint density at radius 2 is 1.81 bits per heavy atom. The van der Waals surface area contributed by atoms with Gasteiger partial charge in [0, 0.05) is 19.6 Å². The van der Waals surface area contributed by atoms with Gasteiger partial charge in [-0.25, -0.2) is 0 Å². The molecule has 0 aromatic heterocycles. The van der Waals surface area contributed by atoms with Crippen LogP contribution in [-0.4, -0.2) is 35.2 Å². The molecule has 1 heterocycles. The highest BCUT2D eigenvalue weighted by Gasteiger charge is 2.44. The molecule has 16 heavy (non-hydrogen) atoms. The van der Waals surface area contributed by atoms with Crippen LogP contribution in [0.1, 0.15) is 58.8 Å². The molecule has 2 fully saturated rings. The Morgan fingerprint density at radius 3 is 2.38 bits per heavy atom. The highest BCUT2D eigenvalue weighted by atomic mass is 16.3. The van der Waals surface area contributed by atoms with Crippen molar-refractivity contribution >= 4 is 0 Å². The SMILES string of the molecule is CCCC(C)(O)CN1CC2(CCCCC2)C1. The van der Waals surface area contributed by atoms with Crippen LogP contribution in [0.2, 0.25) is 0 Å². The Morgan fingerprint density at radius 1 is 1.19 bits per heavy atom. The molecule has 0 radical (unpaired) electrons. The summed E-state index contributed by atoms with van der Waals surface area (Å²) in [5, 5.41) is 10.2. The van der Waals surface area contributed by atoms with Crippen molar-refractivity contribution in [3.63, 3.8) is 0 Å². The second-order valence-electron chi connectivity index (χ2n) is 6.45. The predicted molar refractivity (Wildman–Crippen MR) is 67.5 cm³/mol. The summed E-state index contributed by atoms with van der Waals surface area (Å²) in [4.78, 5) is 2.46. The molecule has 0 aromatic carbocycles. The summed E-state index contributed by atoms with van der Waals surface area (Å²) >= 11 is 0. The maximum absolute atomic E-state index is 10.2. The van der Waals surface area contributed by atoms with Crippen LogP contribution >= 0.6 is 0 Å². The minimum Gasteiger partial charge on any atom is -0.389 e. The first-order chi connectivity index (χ1) is 7.55. The zero-order chi connectivity index (χ0) is 11.6. The lowest BCUT2D eigenvalue weighted by Gasteiger charge is -2.54. The van der Waals surface area contributed by atoms with Gasteiger partial charge in [0.05, 0.1) is 5.60 Å². The molecule has 1 atom stereocenters. The Balaban J connectivity index is 1.75. The van der Waals surface area contributed by atoms with Crippen LogP contribution in [0.3, 0.4) is 0 Å². The summed E-state index contributed by atoms with van der Waals surface area (Å²) in [6, 6.07) is 0. The lowest BCUT2D eigenvalue weighted by Crippen LogP contribution is -2.60. The molecule has 1 saturated heterocycles. The Kier molecular flexibility index (Phi) is 3.60. The monoisotopic (exact) mass is 225 g/mol. The van der Waals surface area contributed by atoms with E-state index in [9.17, 15) is 5.11 Å². The van der Waals surface area contributed by atoms with Crippen molar-refractivity contribution in [1.82, 2.24) is 4.90 Å². The van der Waals surface area contributed by atoms with Gasteiger partial charge < -0.3 is 5.11 Å². The van der Waals surface area contributed by atoms with Crippen LogP contribution in [-0.2, 0) is 0 Å². The molecule has 1 saturated carbocycles. The maximum atomic E-state index is 10.2. The van der Waals surface area contributed by atoms with Crippen molar-refractivity contribution in [2.45, 2.75) is 64.4 Å². The molecule has 2 aliphatic rings. The van der Waals surface area contributed by atoms with Crippen LogP contribution in [0.25, 0.3) is 0 Å². The molecule has 1 spiro atoms. The van der Waals surface area contributed by atoms with E-state index in [1.165, 1.54) is 45.2 Å². The quantitative estimate of drug-likeness (QED) is 0.795.